The maximum atomic E-state index is 13.0. The molecular weight excluding hydrogens is 524 g/mol. The van der Waals surface area contributed by atoms with Crippen molar-refractivity contribution in [2.24, 2.45) is 0 Å². The van der Waals surface area contributed by atoms with Crippen LogP contribution in [0.15, 0.2) is 84.9 Å². The molecule has 208 valence electrons. The van der Waals surface area contributed by atoms with Crippen molar-refractivity contribution in [1.29, 1.82) is 0 Å². The third kappa shape index (κ3) is 6.23. The molecule has 0 aromatic heterocycles. The Labute approximate surface area is 236 Å². The van der Waals surface area contributed by atoms with E-state index in [0.717, 1.165) is 11.1 Å². The fraction of sp³-hybridized carbons (Fsp3) is 0.0909. The number of ketones is 2. The van der Waals surface area contributed by atoms with Gasteiger partial charge in [0.1, 0.15) is 45.6 Å². The van der Waals surface area contributed by atoms with E-state index in [0.29, 0.717) is 0 Å². The number of hydrogen-bond acceptors (Lipinski definition) is 8. The summed E-state index contributed by atoms with van der Waals surface area (Å²) < 4.78 is 10.7. The summed E-state index contributed by atoms with van der Waals surface area (Å²) in [6.45, 7) is 0. The molecule has 4 aromatic rings. The van der Waals surface area contributed by atoms with Crippen LogP contribution in [0.3, 0.4) is 0 Å². The zero-order valence-corrected chi connectivity index (χ0v) is 22.4. The average molecular weight is 553 g/mol. The van der Waals surface area contributed by atoms with Crippen molar-refractivity contribution in [2.45, 2.75) is 6.42 Å². The highest BCUT2D eigenvalue weighted by molar-refractivity contribution is 6.12. The van der Waals surface area contributed by atoms with Gasteiger partial charge in [0.25, 0.3) is 0 Å². The van der Waals surface area contributed by atoms with Crippen LogP contribution in [0, 0.1) is 0 Å². The van der Waals surface area contributed by atoms with E-state index in [2.05, 4.69) is 0 Å². The molecular formula is C33H28O8. The van der Waals surface area contributed by atoms with Crippen LogP contribution in [-0.4, -0.2) is 46.2 Å². The van der Waals surface area contributed by atoms with Gasteiger partial charge < -0.3 is 29.9 Å². The van der Waals surface area contributed by atoms with E-state index in [1.807, 2.05) is 12.1 Å². The Morgan fingerprint density at radius 1 is 0.634 bits per heavy atom. The number of hydrogen-bond donors (Lipinski definition) is 4. The Morgan fingerprint density at radius 2 is 1.00 bits per heavy atom. The van der Waals surface area contributed by atoms with E-state index >= 15 is 0 Å². The molecule has 0 aliphatic carbocycles. The van der Waals surface area contributed by atoms with Crippen molar-refractivity contribution < 1.29 is 39.5 Å². The molecule has 0 saturated carbocycles. The van der Waals surface area contributed by atoms with Crippen LogP contribution in [0.4, 0.5) is 0 Å². The SMILES string of the molecule is COc1cc(O)c(C(=O)/C=C/c2ccccc2)c(O)c1Cc1c(OC)cc(O)c(C(=O)/C=C/c2ccccc2)c1O. The standard InChI is InChI=1S/C33H28O8/c1-40-28-18-26(36)30(24(34)15-13-20-9-5-3-6-10-20)32(38)22(28)17-23-29(41-2)19-27(37)31(33(23)39)25(35)16-14-21-11-7-4-8-12-21/h3-16,18-19,36-39H,17H2,1-2H3/b15-13+,16-14+. The summed E-state index contributed by atoms with van der Waals surface area (Å²) in [5.74, 6) is -3.45. The quantitative estimate of drug-likeness (QED) is 0.141. The van der Waals surface area contributed by atoms with Gasteiger partial charge in [-0.2, -0.15) is 0 Å². The number of aromatic hydroxyl groups is 4. The molecule has 0 aliphatic rings. The van der Waals surface area contributed by atoms with Crippen LogP contribution in [-0.2, 0) is 6.42 Å². The largest absolute Gasteiger partial charge is 0.507 e. The smallest absolute Gasteiger partial charge is 0.193 e. The first-order chi connectivity index (χ1) is 19.7. The molecule has 0 spiro atoms. The molecule has 4 N–H and O–H groups in total. The summed E-state index contributed by atoms with van der Waals surface area (Å²) in [6, 6.07) is 20.4. The summed E-state index contributed by atoms with van der Waals surface area (Å²) in [6.07, 6.45) is 5.24. The van der Waals surface area contributed by atoms with Crippen LogP contribution < -0.4 is 9.47 Å². The highest BCUT2D eigenvalue weighted by Crippen LogP contribution is 2.45. The van der Waals surface area contributed by atoms with E-state index in [1.54, 1.807) is 60.7 Å². The maximum absolute atomic E-state index is 13.0. The molecule has 41 heavy (non-hydrogen) atoms. The van der Waals surface area contributed by atoms with Crippen molar-refractivity contribution in [1.82, 2.24) is 0 Å². The number of phenolic OH excluding ortho intramolecular Hbond substituents is 4. The monoisotopic (exact) mass is 552 g/mol. The fourth-order valence-electron chi connectivity index (χ4n) is 4.35. The predicted molar refractivity (Wildman–Crippen MR) is 155 cm³/mol. The molecule has 8 heteroatoms. The van der Waals surface area contributed by atoms with Crippen LogP contribution >= 0.6 is 0 Å². The van der Waals surface area contributed by atoms with E-state index in [4.69, 9.17) is 9.47 Å². The summed E-state index contributed by atoms with van der Waals surface area (Å²) in [4.78, 5) is 26.0. The topological polar surface area (TPSA) is 134 Å². The summed E-state index contributed by atoms with van der Waals surface area (Å²) in [5, 5.41) is 43.5. The fourth-order valence-corrected chi connectivity index (χ4v) is 4.35. The van der Waals surface area contributed by atoms with Gasteiger partial charge in [0.15, 0.2) is 11.6 Å². The Bertz CT molecular complexity index is 1510. The number of methoxy groups -OCH3 is 2. The lowest BCUT2D eigenvalue weighted by molar-refractivity contribution is 0.103. The van der Waals surface area contributed by atoms with Gasteiger partial charge in [-0.3, -0.25) is 9.59 Å². The van der Waals surface area contributed by atoms with Crippen molar-refractivity contribution in [2.75, 3.05) is 14.2 Å². The molecule has 0 heterocycles. The minimum absolute atomic E-state index is 0.0231. The normalized spacial score (nSPS) is 11.2. The second-order valence-corrected chi connectivity index (χ2v) is 8.99. The number of rotatable bonds is 10. The highest BCUT2D eigenvalue weighted by Gasteiger charge is 2.27. The molecule has 4 aromatic carbocycles. The number of carbonyl (C=O) groups excluding carboxylic acids is 2. The molecule has 0 aliphatic heterocycles. The minimum atomic E-state index is -0.670. The van der Waals surface area contributed by atoms with E-state index in [9.17, 15) is 30.0 Å². The second kappa shape index (κ2) is 12.6. The Kier molecular flexibility index (Phi) is 8.74. The highest BCUT2D eigenvalue weighted by atomic mass is 16.5. The lowest BCUT2D eigenvalue weighted by atomic mass is 9.93. The van der Waals surface area contributed by atoms with Crippen LogP contribution in [0.25, 0.3) is 12.2 Å². The minimum Gasteiger partial charge on any atom is -0.507 e. The van der Waals surface area contributed by atoms with Gasteiger partial charge in [0.05, 0.1) is 14.2 Å². The Morgan fingerprint density at radius 3 is 1.34 bits per heavy atom. The van der Waals surface area contributed by atoms with Crippen molar-refractivity contribution >= 4 is 23.7 Å². The van der Waals surface area contributed by atoms with Gasteiger partial charge in [-0.1, -0.05) is 72.8 Å². The average Bonchev–Trinajstić information content (AvgIpc) is 2.98. The van der Waals surface area contributed by atoms with Crippen LogP contribution in [0.2, 0.25) is 0 Å². The predicted octanol–water partition coefficient (Wildman–Crippen LogP) is 5.91. The lowest BCUT2D eigenvalue weighted by Gasteiger charge is -2.18. The summed E-state index contributed by atoms with van der Waals surface area (Å²) >= 11 is 0. The number of phenols is 4. The molecule has 8 nitrogen and oxygen atoms in total. The Hall–Kier alpha value is -5.50. The second-order valence-electron chi connectivity index (χ2n) is 8.99. The van der Waals surface area contributed by atoms with E-state index in [-0.39, 0.29) is 40.2 Å². The van der Waals surface area contributed by atoms with E-state index < -0.39 is 34.6 Å². The molecule has 0 unspecified atom stereocenters. The van der Waals surface area contributed by atoms with Crippen molar-refractivity contribution in [3.05, 3.63) is 118 Å². The first-order valence-electron chi connectivity index (χ1n) is 12.5. The molecule has 0 bridgehead atoms. The molecule has 0 amide bonds. The zero-order chi connectivity index (χ0) is 29.5. The Balaban J connectivity index is 1.76. The third-order valence-electron chi connectivity index (χ3n) is 6.43. The number of ether oxygens (including phenoxy) is 2. The molecule has 0 saturated heterocycles. The molecule has 0 fully saturated rings. The number of carbonyl (C=O) groups is 2. The van der Waals surface area contributed by atoms with Crippen LogP contribution in [0.1, 0.15) is 43.0 Å². The van der Waals surface area contributed by atoms with E-state index in [1.165, 1.54) is 38.5 Å². The summed E-state index contributed by atoms with van der Waals surface area (Å²) in [5.41, 5.74) is 0.829. The summed E-state index contributed by atoms with van der Waals surface area (Å²) in [7, 11) is 2.62. The number of benzene rings is 4. The third-order valence-corrected chi connectivity index (χ3v) is 6.43. The molecule has 0 atom stereocenters. The first kappa shape index (κ1) is 28.5. The molecule has 4 rings (SSSR count). The maximum Gasteiger partial charge on any atom is 0.193 e. The van der Waals surface area contributed by atoms with Gasteiger partial charge in [-0.25, -0.2) is 0 Å². The van der Waals surface area contributed by atoms with Gasteiger partial charge in [0.2, 0.25) is 0 Å². The van der Waals surface area contributed by atoms with Gasteiger partial charge >= 0.3 is 0 Å². The molecule has 0 radical (unpaired) electrons. The first-order valence-corrected chi connectivity index (χ1v) is 12.5. The number of allylic oxidation sites excluding steroid dienone is 2. The van der Waals surface area contributed by atoms with Crippen molar-refractivity contribution in [3.63, 3.8) is 0 Å². The van der Waals surface area contributed by atoms with Crippen LogP contribution in [0.5, 0.6) is 34.5 Å². The van der Waals surface area contributed by atoms with Gasteiger partial charge in [-0.05, 0) is 23.3 Å². The van der Waals surface area contributed by atoms with Gasteiger partial charge in [0, 0.05) is 29.7 Å². The zero-order valence-electron chi connectivity index (χ0n) is 22.4. The van der Waals surface area contributed by atoms with Crippen molar-refractivity contribution in [3.8, 4) is 34.5 Å². The lowest BCUT2D eigenvalue weighted by Crippen LogP contribution is -2.05. The van der Waals surface area contributed by atoms with Gasteiger partial charge in [-0.15, -0.1) is 0 Å².